The number of phenolic OH excluding ortho intramolecular Hbond substituents is 1. The van der Waals surface area contributed by atoms with E-state index in [2.05, 4.69) is 0 Å². The van der Waals surface area contributed by atoms with Gasteiger partial charge in [0.2, 0.25) is 0 Å². The molecule has 0 fully saturated rings. The molecule has 6 heteroatoms. The summed E-state index contributed by atoms with van der Waals surface area (Å²) in [6.45, 7) is 3.94. The Labute approximate surface area is 151 Å². The maximum absolute atomic E-state index is 10.2. The Hall–Kier alpha value is -2.40. The number of halogens is 1. The van der Waals surface area contributed by atoms with Gasteiger partial charge in [0.15, 0.2) is 17.2 Å². The fourth-order valence-electron chi connectivity index (χ4n) is 3.51. The Morgan fingerprint density at radius 1 is 1.32 bits per heavy atom. The van der Waals surface area contributed by atoms with Crippen molar-refractivity contribution in [3.05, 3.63) is 52.5 Å². The third-order valence-electron chi connectivity index (χ3n) is 4.67. The van der Waals surface area contributed by atoms with Crippen molar-refractivity contribution < 1.29 is 14.6 Å². The maximum atomic E-state index is 10.2. The van der Waals surface area contributed by atoms with Crippen molar-refractivity contribution in [1.82, 2.24) is 5.01 Å². The zero-order valence-electron chi connectivity index (χ0n) is 14.3. The molecule has 4 rings (SSSR count). The number of rotatable bonds is 2. The zero-order valence-corrected chi connectivity index (χ0v) is 15.0. The summed E-state index contributed by atoms with van der Waals surface area (Å²) in [5.41, 5.74) is 1.83. The number of aromatic hydroxyl groups is 1. The third-order valence-corrected chi connectivity index (χ3v) is 4.91. The van der Waals surface area contributed by atoms with Gasteiger partial charge < -0.3 is 14.6 Å². The Bertz CT molecular complexity index is 879. The van der Waals surface area contributed by atoms with Crippen LogP contribution in [0.2, 0.25) is 5.02 Å². The summed E-state index contributed by atoms with van der Waals surface area (Å²) in [6, 6.07) is 10.9. The second kappa shape index (κ2) is 5.56. The first-order chi connectivity index (χ1) is 11.9. The number of para-hydroxylation sites is 1. The predicted octanol–water partition coefficient (Wildman–Crippen LogP) is 4.33. The van der Waals surface area contributed by atoms with Crippen molar-refractivity contribution >= 4 is 17.3 Å². The Morgan fingerprint density at radius 2 is 2.12 bits per heavy atom. The summed E-state index contributed by atoms with van der Waals surface area (Å²) < 4.78 is 11.7. The van der Waals surface area contributed by atoms with Crippen LogP contribution in [0.15, 0.2) is 41.5 Å². The van der Waals surface area contributed by atoms with Crippen LogP contribution in [0.4, 0.5) is 0 Å². The number of hydrogen-bond donors (Lipinski definition) is 1. The lowest BCUT2D eigenvalue weighted by molar-refractivity contribution is -0.0924. The molecule has 25 heavy (non-hydrogen) atoms. The van der Waals surface area contributed by atoms with Gasteiger partial charge in [-0.15, -0.1) is 0 Å². The first kappa shape index (κ1) is 16.1. The Balaban J connectivity index is 1.81. The normalized spacial score (nSPS) is 20.4. The molecule has 0 amide bonds. The van der Waals surface area contributed by atoms with Crippen molar-refractivity contribution in [2.24, 2.45) is 5.10 Å². The standard InChI is InChI=1S/C19H19ClN2O3/c1-19(2)22-15(12-5-4-6-17(24-3)18(12)25-19)10-14(21-22)13-9-11(20)7-8-16(13)23/h4-9,15,23H,10H2,1-3H3/t15-/m0/s1. The van der Waals surface area contributed by atoms with Crippen LogP contribution in [0, 0.1) is 0 Å². The third kappa shape index (κ3) is 2.50. The van der Waals surface area contributed by atoms with E-state index in [-0.39, 0.29) is 11.8 Å². The van der Waals surface area contributed by atoms with E-state index in [4.69, 9.17) is 26.2 Å². The molecule has 2 aliphatic rings. The summed E-state index contributed by atoms with van der Waals surface area (Å²) >= 11 is 6.10. The molecular weight excluding hydrogens is 340 g/mol. The second-order valence-corrected chi connectivity index (χ2v) is 7.14. The van der Waals surface area contributed by atoms with Crippen LogP contribution >= 0.6 is 11.6 Å². The van der Waals surface area contributed by atoms with E-state index in [1.807, 2.05) is 37.1 Å². The van der Waals surface area contributed by atoms with Gasteiger partial charge in [-0.25, -0.2) is 5.01 Å². The molecule has 0 aliphatic carbocycles. The van der Waals surface area contributed by atoms with Crippen molar-refractivity contribution in [2.45, 2.75) is 32.0 Å². The lowest BCUT2D eigenvalue weighted by Gasteiger charge is -2.43. The van der Waals surface area contributed by atoms with E-state index >= 15 is 0 Å². The molecule has 0 bridgehead atoms. The van der Waals surface area contributed by atoms with Crippen LogP contribution in [0.5, 0.6) is 17.2 Å². The summed E-state index contributed by atoms with van der Waals surface area (Å²) in [6.07, 6.45) is 0.654. The van der Waals surface area contributed by atoms with Crippen LogP contribution in [-0.2, 0) is 0 Å². The number of benzene rings is 2. The molecule has 0 radical (unpaired) electrons. The molecule has 0 aromatic heterocycles. The van der Waals surface area contributed by atoms with Crippen molar-refractivity contribution in [2.75, 3.05) is 7.11 Å². The molecule has 0 spiro atoms. The largest absolute Gasteiger partial charge is 0.507 e. The molecule has 2 aromatic rings. The number of methoxy groups -OCH3 is 1. The molecule has 2 aliphatic heterocycles. The van der Waals surface area contributed by atoms with E-state index in [9.17, 15) is 5.11 Å². The van der Waals surface area contributed by atoms with Crippen LogP contribution < -0.4 is 9.47 Å². The van der Waals surface area contributed by atoms with E-state index in [1.54, 1.807) is 25.3 Å². The number of ether oxygens (including phenoxy) is 2. The number of fused-ring (bicyclic) bond motifs is 3. The van der Waals surface area contributed by atoms with Crippen molar-refractivity contribution in [1.29, 1.82) is 0 Å². The van der Waals surface area contributed by atoms with Gasteiger partial charge in [-0.1, -0.05) is 23.7 Å². The minimum absolute atomic E-state index is 0.0160. The molecule has 0 saturated carbocycles. The van der Waals surface area contributed by atoms with Gasteiger partial charge in [0.25, 0.3) is 0 Å². The second-order valence-electron chi connectivity index (χ2n) is 6.70. The lowest BCUT2D eigenvalue weighted by atomic mass is 9.94. The number of nitrogens with zero attached hydrogens (tertiary/aromatic N) is 2. The van der Waals surface area contributed by atoms with Crippen LogP contribution in [0.1, 0.15) is 37.4 Å². The van der Waals surface area contributed by atoms with Gasteiger partial charge in [-0.05, 0) is 38.1 Å². The van der Waals surface area contributed by atoms with Gasteiger partial charge >= 0.3 is 0 Å². The topological polar surface area (TPSA) is 54.3 Å². The Morgan fingerprint density at radius 3 is 2.88 bits per heavy atom. The fraction of sp³-hybridized carbons (Fsp3) is 0.316. The monoisotopic (exact) mass is 358 g/mol. The minimum atomic E-state index is -0.637. The van der Waals surface area contributed by atoms with Gasteiger partial charge in [-0.3, -0.25) is 0 Å². The summed E-state index contributed by atoms with van der Waals surface area (Å²) in [5.74, 6) is 1.64. The summed E-state index contributed by atoms with van der Waals surface area (Å²) in [4.78, 5) is 0. The highest BCUT2D eigenvalue weighted by Gasteiger charge is 2.46. The maximum Gasteiger partial charge on any atom is 0.192 e. The van der Waals surface area contributed by atoms with Crippen LogP contribution in [0.25, 0.3) is 0 Å². The van der Waals surface area contributed by atoms with Crippen molar-refractivity contribution in [3.63, 3.8) is 0 Å². The fourth-order valence-corrected chi connectivity index (χ4v) is 3.68. The zero-order chi connectivity index (χ0) is 17.8. The predicted molar refractivity (Wildman–Crippen MR) is 96.6 cm³/mol. The smallest absolute Gasteiger partial charge is 0.192 e. The first-order valence-electron chi connectivity index (χ1n) is 8.12. The average molecular weight is 359 g/mol. The quantitative estimate of drug-likeness (QED) is 0.868. The van der Waals surface area contributed by atoms with Gasteiger partial charge in [0, 0.05) is 22.6 Å². The number of hydrazone groups is 1. The highest BCUT2D eigenvalue weighted by molar-refractivity contribution is 6.31. The van der Waals surface area contributed by atoms with E-state index in [1.165, 1.54) is 0 Å². The molecule has 130 valence electrons. The number of hydrogen-bond acceptors (Lipinski definition) is 5. The Kier molecular flexibility index (Phi) is 3.58. The van der Waals surface area contributed by atoms with Gasteiger partial charge in [0.05, 0.1) is 18.9 Å². The van der Waals surface area contributed by atoms with Gasteiger partial charge in [0.1, 0.15) is 5.75 Å². The lowest BCUT2D eigenvalue weighted by Crippen LogP contribution is -2.48. The average Bonchev–Trinajstić information content (AvgIpc) is 3.03. The molecule has 5 nitrogen and oxygen atoms in total. The summed E-state index contributed by atoms with van der Waals surface area (Å²) in [7, 11) is 1.64. The first-order valence-corrected chi connectivity index (χ1v) is 8.50. The highest BCUT2D eigenvalue weighted by atomic mass is 35.5. The van der Waals surface area contributed by atoms with E-state index in [0.29, 0.717) is 22.8 Å². The van der Waals surface area contributed by atoms with Crippen LogP contribution in [-0.4, -0.2) is 28.7 Å². The molecule has 2 heterocycles. The van der Waals surface area contributed by atoms with E-state index in [0.717, 1.165) is 17.0 Å². The SMILES string of the molecule is COc1cccc2c1OC(C)(C)N1N=C(c3cc(Cl)ccc3O)C[C@@H]21. The molecular formula is C19H19ClN2O3. The molecule has 1 N–H and O–H groups in total. The molecule has 1 atom stereocenters. The minimum Gasteiger partial charge on any atom is -0.507 e. The molecule has 0 unspecified atom stereocenters. The molecule has 0 saturated heterocycles. The molecule has 2 aromatic carbocycles. The summed E-state index contributed by atoms with van der Waals surface area (Å²) in [5, 5.41) is 17.5. The van der Waals surface area contributed by atoms with Crippen LogP contribution in [0.3, 0.4) is 0 Å². The highest BCUT2D eigenvalue weighted by Crippen LogP contribution is 2.50. The van der Waals surface area contributed by atoms with E-state index < -0.39 is 5.72 Å². The number of phenols is 1. The van der Waals surface area contributed by atoms with Crippen molar-refractivity contribution in [3.8, 4) is 17.2 Å². The van der Waals surface area contributed by atoms with Gasteiger partial charge in [-0.2, -0.15) is 5.10 Å².